The number of aromatic nitrogens is 3. The lowest BCUT2D eigenvalue weighted by molar-refractivity contribution is 0.578. The first kappa shape index (κ1) is 12.3. The molecule has 1 aromatic heterocycles. The molecule has 0 atom stereocenters. The number of benzene rings is 1. The van der Waals surface area contributed by atoms with Crippen molar-refractivity contribution in [3.63, 3.8) is 0 Å². The molecule has 100 valence electrons. The highest BCUT2D eigenvalue weighted by Crippen LogP contribution is 2.16. The molecule has 0 bridgehead atoms. The average Bonchev–Trinajstić information content (AvgIpc) is 2.84. The monoisotopic (exact) mass is 260 g/mol. The van der Waals surface area contributed by atoms with Gasteiger partial charge in [-0.2, -0.15) is 0 Å². The zero-order valence-corrected chi connectivity index (χ0v) is 11.0. The van der Waals surface area contributed by atoms with Crippen LogP contribution in [0.2, 0.25) is 0 Å². The van der Waals surface area contributed by atoms with Crippen LogP contribution in [0.25, 0.3) is 0 Å². The Morgan fingerprint density at radius 3 is 3.11 bits per heavy atom. The molecule has 0 unspecified atom stereocenters. The molecule has 0 saturated carbocycles. The molecular weight excluding hydrogens is 243 g/mol. The van der Waals surface area contributed by atoms with E-state index in [1.165, 1.54) is 11.8 Å². The van der Waals surface area contributed by atoms with Gasteiger partial charge in [-0.05, 0) is 29.7 Å². The van der Waals surface area contributed by atoms with Gasteiger partial charge in [-0.25, -0.2) is 9.07 Å². The minimum Gasteiger partial charge on any atom is -0.311 e. The van der Waals surface area contributed by atoms with E-state index in [2.05, 4.69) is 15.6 Å². The van der Waals surface area contributed by atoms with Crippen molar-refractivity contribution in [2.45, 2.75) is 32.9 Å². The quantitative estimate of drug-likeness (QED) is 0.913. The van der Waals surface area contributed by atoms with E-state index in [1.807, 2.05) is 17.7 Å². The van der Waals surface area contributed by atoms with Crippen LogP contribution in [0.15, 0.2) is 18.2 Å². The SMILES string of the molecule is CCc1cc(F)ccc1Cn1nnc2c1CCNC2. The lowest BCUT2D eigenvalue weighted by Gasteiger charge is -2.14. The van der Waals surface area contributed by atoms with E-state index in [9.17, 15) is 4.39 Å². The van der Waals surface area contributed by atoms with E-state index in [4.69, 9.17) is 0 Å². The van der Waals surface area contributed by atoms with Gasteiger partial charge in [-0.15, -0.1) is 5.10 Å². The Kier molecular flexibility index (Phi) is 3.29. The summed E-state index contributed by atoms with van der Waals surface area (Å²) in [6, 6.07) is 4.98. The van der Waals surface area contributed by atoms with Crippen LogP contribution in [0.3, 0.4) is 0 Å². The molecular formula is C14H17FN4. The lowest BCUT2D eigenvalue weighted by atomic mass is 10.0. The maximum Gasteiger partial charge on any atom is 0.123 e. The number of aryl methyl sites for hydroxylation is 1. The molecule has 1 aliphatic heterocycles. The Morgan fingerprint density at radius 1 is 1.37 bits per heavy atom. The first-order chi connectivity index (χ1) is 9.28. The van der Waals surface area contributed by atoms with Crippen molar-refractivity contribution in [2.24, 2.45) is 0 Å². The van der Waals surface area contributed by atoms with Crippen LogP contribution in [0.5, 0.6) is 0 Å². The maximum atomic E-state index is 13.2. The molecule has 1 aromatic carbocycles. The smallest absolute Gasteiger partial charge is 0.123 e. The summed E-state index contributed by atoms with van der Waals surface area (Å²) in [5.41, 5.74) is 4.39. The van der Waals surface area contributed by atoms with Crippen molar-refractivity contribution in [1.29, 1.82) is 0 Å². The summed E-state index contributed by atoms with van der Waals surface area (Å²) in [7, 11) is 0. The second kappa shape index (κ2) is 5.09. The van der Waals surface area contributed by atoms with E-state index in [1.54, 1.807) is 6.07 Å². The van der Waals surface area contributed by atoms with Crippen molar-refractivity contribution in [1.82, 2.24) is 20.3 Å². The highest BCUT2D eigenvalue weighted by molar-refractivity contribution is 5.28. The van der Waals surface area contributed by atoms with Crippen molar-refractivity contribution in [3.05, 3.63) is 46.5 Å². The number of fused-ring (bicyclic) bond motifs is 1. The maximum absolute atomic E-state index is 13.2. The van der Waals surface area contributed by atoms with Gasteiger partial charge in [0, 0.05) is 19.5 Å². The number of rotatable bonds is 3. The molecule has 0 radical (unpaired) electrons. The van der Waals surface area contributed by atoms with Gasteiger partial charge < -0.3 is 5.32 Å². The van der Waals surface area contributed by atoms with E-state index in [-0.39, 0.29) is 5.82 Å². The minimum atomic E-state index is -0.176. The molecule has 2 aromatic rings. The van der Waals surface area contributed by atoms with E-state index in [0.717, 1.165) is 42.8 Å². The molecule has 2 heterocycles. The Balaban J connectivity index is 1.91. The molecule has 19 heavy (non-hydrogen) atoms. The number of hydrogen-bond acceptors (Lipinski definition) is 3. The molecule has 5 heteroatoms. The molecule has 0 spiro atoms. The molecule has 0 aliphatic carbocycles. The first-order valence-electron chi connectivity index (χ1n) is 6.67. The van der Waals surface area contributed by atoms with Crippen LogP contribution >= 0.6 is 0 Å². The van der Waals surface area contributed by atoms with Crippen LogP contribution < -0.4 is 5.32 Å². The Bertz CT molecular complexity index is 591. The third-order valence-corrected chi connectivity index (χ3v) is 3.62. The highest BCUT2D eigenvalue weighted by atomic mass is 19.1. The number of halogens is 1. The summed E-state index contributed by atoms with van der Waals surface area (Å²) in [6.45, 7) is 4.47. The van der Waals surface area contributed by atoms with Crippen LogP contribution in [0.1, 0.15) is 29.4 Å². The zero-order valence-electron chi connectivity index (χ0n) is 11.0. The van der Waals surface area contributed by atoms with Gasteiger partial charge in [0.05, 0.1) is 17.9 Å². The van der Waals surface area contributed by atoms with Crippen molar-refractivity contribution in [3.8, 4) is 0 Å². The van der Waals surface area contributed by atoms with Crippen molar-refractivity contribution in [2.75, 3.05) is 6.54 Å². The second-order valence-corrected chi connectivity index (χ2v) is 4.83. The normalized spacial score (nSPS) is 14.4. The van der Waals surface area contributed by atoms with Gasteiger partial charge in [0.1, 0.15) is 5.82 Å². The molecule has 1 aliphatic rings. The fraction of sp³-hybridized carbons (Fsp3) is 0.429. The Hall–Kier alpha value is -1.75. The third-order valence-electron chi connectivity index (χ3n) is 3.62. The van der Waals surface area contributed by atoms with Gasteiger partial charge in [0.2, 0.25) is 0 Å². The largest absolute Gasteiger partial charge is 0.311 e. The summed E-state index contributed by atoms with van der Waals surface area (Å²) in [5.74, 6) is -0.176. The fourth-order valence-electron chi connectivity index (χ4n) is 2.56. The molecule has 1 N–H and O–H groups in total. The predicted molar refractivity (Wildman–Crippen MR) is 70.3 cm³/mol. The molecule has 0 saturated heterocycles. The standard InChI is InChI=1S/C14H17FN4/c1-2-10-7-12(15)4-3-11(10)9-19-14-5-6-16-8-13(14)17-18-19/h3-4,7,16H,2,5-6,8-9H2,1H3. The molecule has 3 rings (SSSR count). The zero-order chi connectivity index (χ0) is 13.2. The van der Waals surface area contributed by atoms with Gasteiger partial charge in [-0.3, -0.25) is 0 Å². The van der Waals surface area contributed by atoms with Gasteiger partial charge in [0.25, 0.3) is 0 Å². The van der Waals surface area contributed by atoms with Crippen molar-refractivity contribution >= 4 is 0 Å². The third kappa shape index (κ3) is 2.38. The topological polar surface area (TPSA) is 42.7 Å². The minimum absolute atomic E-state index is 0.176. The Labute approximate surface area is 111 Å². The average molecular weight is 260 g/mol. The molecule has 0 amide bonds. The number of nitrogens with one attached hydrogen (secondary N) is 1. The van der Waals surface area contributed by atoms with Crippen molar-refractivity contribution < 1.29 is 4.39 Å². The summed E-state index contributed by atoms with van der Waals surface area (Å²) < 4.78 is 15.2. The summed E-state index contributed by atoms with van der Waals surface area (Å²) >= 11 is 0. The van der Waals surface area contributed by atoms with E-state index in [0.29, 0.717) is 6.54 Å². The van der Waals surface area contributed by atoms with Crippen LogP contribution in [0.4, 0.5) is 4.39 Å². The first-order valence-corrected chi connectivity index (χ1v) is 6.67. The van der Waals surface area contributed by atoms with Gasteiger partial charge in [0.15, 0.2) is 0 Å². The van der Waals surface area contributed by atoms with Gasteiger partial charge in [-0.1, -0.05) is 18.2 Å². The van der Waals surface area contributed by atoms with E-state index >= 15 is 0 Å². The summed E-state index contributed by atoms with van der Waals surface area (Å²) in [6.07, 6.45) is 1.77. The summed E-state index contributed by atoms with van der Waals surface area (Å²) in [4.78, 5) is 0. The van der Waals surface area contributed by atoms with E-state index < -0.39 is 0 Å². The number of nitrogens with zero attached hydrogens (tertiary/aromatic N) is 3. The Morgan fingerprint density at radius 2 is 2.26 bits per heavy atom. The predicted octanol–water partition coefficient (Wildman–Crippen LogP) is 1.67. The number of hydrogen-bond donors (Lipinski definition) is 1. The second-order valence-electron chi connectivity index (χ2n) is 4.83. The van der Waals surface area contributed by atoms with Crippen LogP contribution in [-0.4, -0.2) is 21.5 Å². The lowest BCUT2D eigenvalue weighted by Crippen LogP contribution is -2.25. The summed E-state index contributed by atoms with van der Waals surface area (Å²) in [5, 5.41) is 11.7. The molecule has 4 nitrogen and oxygen atoms in total. The van der Waals surface area contributed by atoms with Gasteiger partial charge >= 0.3 is 0 Å². The highest BCUT2D eigenvalue weighted by Gasteiger charge is 2.17. The van der Waals surface area contributed by atoms with Crippen LogP contribution in [-0.2, 0) is 25.9 Å². The fourth-order valence-corrected chi connectivity index (χ4v) is 2.56. The van der Waals surface area contributed by atoms with Crippen LogP contribution in [0, 0.1) is 5.82 Å². The molecule has 0 fully saturated rings.